The van der Waals surface area contributed by atoms with Crippen LogP contribution in [0.15, 0.2) is 24.3 Å². The van der Waals surface area contributed by atoms with Crippen molar-refractivity contribution in [3.8, 4) is 0 Å². The summed E-state index contributed by atoms with van der Waals surface area (Å²) in [5, 5.41) is 6.36. The molecule has 1 atom stereocenters. The van der Waals surface area contributed by atoms with Crippen LogP contribution in [0.1, 0.15) is 23.2 Å². The third kappa shape index (κ3) is 4.74. The minimum absolute atomic E-state index is 0. The lowest BCUT2D eigenvalue weighted by atomic mass is 10.00. The third-order valence-corrected chi connectivity index (χ3v) is 3.78. The smallest absolute Gasteiger partial charge is 0.251 e. The zero-order valence-electron chi connectivity index (χ0n) is 10.1. The van der Waals surface area contributed by atoms with Crippen molar-refractivity contribution >= 4 is 40.9 Å². The van der Waals surface area contributed by atoms with Crippen molar-refractivity contribution in [1.29, 1.82) is 0 Å². The molecule has 2 rings (SSSR count). The van der Waals surface area contributed by atoms with Crippen molar-refractivity contribution in [2.75, 3.05) is 19.6 Å². The van der Waals surface area contributed by atoms with E-state index >= 15 is 0 Å². The molecule has 1 saturated heterocycles. The van der Waals surface area contributed by atoms with E-state index in [1.165, 1.54) is 12.8 Å². The van der Waals surface area contributed by atoms with Crippen LogP contribution in [0.2, 0.25) is 0 Å². The first-order chi connectivity index (χ1) is 8.25. The lowest BCUT2D eigenvalue weighted by Gasteiger charge is -2.22. The fourth-order valence-corrected chi connectivity index (χ4v) is 2.40. The van der Waals surface area contributed by atoms with Gasteiger partial charge in [-0.15, -0.1) is 12.4 Å². The van der Waals surface area contributed by atoms with Gasteiger partial charge in [-0.3, -0.25) is 4.79 Å². The van der Waals surface area contributed by atoms with Gasteiger partial charge in [0.05, 0.1) is 0 Å². The molecule has 1 aliphatic rings. The maximum absolute atomic E-state index is 11.9. The van der Waals surface area contributed by atoms with E-state index < -0.39 is 0 Å². The van der Waals surface area contributed by atoms with Gasteiger partial charge in [0.15, 0.2) is 0 Å². The van der Waals surface area contributed by atoms with E-state index in [4.69, 9.17) is 0 Å². The van der Waals surface area contributed by atoms with Gasteiger partial charge in [0.1, 0.15) is 0 Å². The predicted octanol–water partition coefficient (Wildman–Crippen LogP) is 2.44. The summed E-state index contributed by atoms with van der Waals surface area (Å²) < 4.78 is 1.15. The van der Waals surface area contributed by atoms with Gasteiger partial charge in [-0.2, -0.15) is 0 Å². The molecule has 0 aliphatic carbocycles. The Labute approximate surface area is 128 Å². The molecule has 2 N–H and O–H groups in total. The van der Waals surface area contributed by atoms with E-state index in [0.29, 0.717) is 5.92 Å². The minimum Gasteiger partial charge on any atom is -0.352 e. The Morgan fingerprint density at radius 2 is 2.11 bits per heavy atom. The number of carbonyl (C=O) groups excluding carboxylic acids is 1. The number of rotatable bonds is 3. The highest BCUT2D eigenvalue weighted by atomic mass is 127. The molecule has 5 heteroatoms. The summed E-state index contributed by atoms with van der Waals surface area (Å²) in [7, 11) is 0. The standard InChI is InChI=1S/C13H17IN2O.ClH/c14-12-5-3-11(4-6-12)13(17)16-9-10-2-1-7-15-8-10;/h3-6,10,15H,1-2,7-9H2,(H,16,17);1H. The largest absolute Gasteiger partial charge is 0.352 e. The Hall–Kier alpha value is -0.330. The van der Waals surface area contributed by atoms with Crippen LogP contribution in [0.3, 0.4) is 0 Å². The second-order valence-electron chi connectivity index (χ2n) is 4.43. The molecule has 100 valence electrons. The molecule has 1 aromatic rings. The Morgan fingerprint density at radius 1 is 1.39 bits per heavy atom. The minimum atomic E-state index is 0. The lowest BCUT2D eigenvalue weighted by molar-refractivity contribution is 0.0945. The highest BCUT2D eigenvalue weighted by Crippen LogP contribution is 2.10. The summed E-state index contributed by atoms with van der Waals surface area (Å²) >= 11 is 2.24. The number of carbonyl (C=O) groups is 1. The topological polar surface area (TPSA) is 41.1 Å². The number of hydrogen-bond donors (Lipinski definition) is 2. The molecule has 1 fully saturated rings. The van der Waals surface area contributed by atoms with Gasteiger partial charge in [0, 0.05) is 15.7 Å². The average molecular weight is 381 g/mol. The molecule has 1 amide bonds. The molecule has 1 unspecified atom stereocenters. The van der Waals surface area contributed by atoms with Crippen molar-refractivity contribution in [2.24, 2.45) is 5.92 Å². The molecule has 3 nitrogen and oxygen atoms in total. The lowest BCUT2D eigenvalue weighted by Crippen LogP contribution is -2.38. The van der Waals surface area contributed by atoms with Crippen molar-refractivity contribution in [3.63, 3.8) is 0 Å². The molecule has 18 heavy (non-hydrogen) atoms. The fraction of sp³-hybridized carbons (Fsp3) is 0.462. The Kier molecular flexibility index (Phi) is 6.96. The molecular weight excluding hydrogens is 363 g/mol. The van der Waals surface area contributed by atoms with E-state index in [0.717, 1.165) is 28.8 Å². The molecule has 0 spiro atoms. The number of amides is 1. The van der Waals surface area contributed by atoms with E-state index in [1.807, 2.05) is 24.3 Å². The summed E-state index contributed by atoms with van der Waals surface area (Å²) in [6, 6.07) is 7.65. The monoisotopic (exact) mass is 380 g/mol. The average Bonchev–Trinajstić information content (AvgIpc) is 2.38. The fourth-order valence-electron chi connectivity index (χ4n) is 2.04. The molecule has 1 heterocycles. The second kappa shape index (κ2) is 7.96. The van der Waals surface area contributed by atoms with Crippen LogP contribution in [0.5, 0.6) is 0 Å². The van der Waals surface area contributed by atoms with Gasteiger partial charge in [0.25, 0.3) is 5.91 Å². The first-order valence-electron chi connectivity index (χ1n) is 6.00. The number of halogens is 2. The predicted molar refractivity (Wildman–Crippen MR) is 84.3 cm³/mol. The summed E-state index contributed by atoms with van der Waals surface area (Å²) in [4.78, 5) is 11.9. The third-order valence-electron chi connectivity index (χ3n) is 3.06. The van der Waals surface area contributed by atoms with Crippen LogP contribution in [0, 0.1) is 9.49 Å². The van der Waals surface area contributed by atoms with E-state index in [-0.39, 0.29) is 18.3 Å². The van der Waals surface area contributed by atoms with Crippen LogP contribution in [0.25, 0.3) is 0 Å². The summed E-state index contributed by atoms with van der Waals surface area (Å²) in [5.41, 5.74) is 0.745. The Bertz CT molecular complexity index is 377. The number of piperidine rings is 1. The van der Waals surface area contributed by atoms with Gasteiger partial charge in [-0.25, -0.2) is 0 Å². The summed E-state index contributed by atoms with van der Waals surface area (Å²) in [6.07, 6.45) is 2.42. The quantitative estimate of drug-likeness (QED) is 0.791. The van der Waals surface area contributed by atoms with E-state index in [9.17, 15) is 4.79 Å². The Morgan fingerprint density at radius 3 is 2.72 bits per heavy atom. The summed E-state index contributed by atoms with van der Waals surface area (Å²) in [6.45, 7) is 2.91. The molecule has 1 aliphatic heterocycles. The molecular formula is C13H18ClIN2O. The number of benzene rings is 1. The number of nitrogens with one attached hydrogen (secondary N) is 2. The van der Waals surface area contributed by atoms with Crippen molar-refractivity contribution in [2.45, 2.75) is 12.8 Å². The number of hydrogen-bond acceptors (Lipinski definition) is 2. The van der Waals surface area contributed by atoms with Gasteiger partial charge in [0.2, 0.25) is 0 Å². The van der Waals surface area contributed by atoms with Gasteiger partial charge in [-0.1, -0.05) is 0 Å². The van der Waals surface area contributed by atoms with Crippen molar-refractivity contribution in [3.05, 3.63) is 33.4 Å². The first kappa shape index (κ1) is 15.7. The molecule has 0 bridgehead atoms. The van der Waals surface area contributed by atoms with Crippen LogP contribution >= 0.6 is 35.0 Å². The highest BCUT2D eigenvalue weighted by molar-refractivity contribution is 14.1. The molecule has 0 radical (unpaired) electrons. The second-order valence-corrected chi connectivity index (χ2v) is 5.67. The van der Waals surface area contributed by atoms with Crippen LogP contribution in [0.4, 0.5) is 0 Å². The zero-order valence-corrected chi connectivity index (χ0v) is 13.1. The van der Waals surface area contributed by atoms with E-state index in [1.54, 1.807) is 0 Å². The molecule has 0 aromatic heterocycles. The van der Waals surface area contributed by atoms with E-state index in [2.05, 4.69) is 33.2 Å². The van der Waals surface area contributed by atoms with Gasteiger partial charge < -0.3 is 10.6 Å². The van der Waals surface area contributed by atoms with Crippen LogP contribution < -0.4 is 10.6 Å². The molecule has 0 saturated carbocycles. The van der Waals surface area contributed by atoms with Crippen LogP contribution in [-0.2, 0) is 0 Å². The maximum atomic E-state index is 11.9. The summed E-state index contributed by atoms with van der Waals surface area (Å²) in [5.74, 6) is 0.614. The Balaban J connectivity index is 0.00000162. The van der Waals surface area contributed by atoms with Crippen molar-refractivity contribution in [1.82, 2.24) is 10.6 Å². The molecule has 1 aromatic carbocycles. The normalized spacial score (nSPS) is 18.8. The van der Waals surface area contributed by atoms with Gasteiger partial charge in [-0.05, 0) is 78.7 Å². The maximum Gasteiger partial charge on any atom is 0.251 e. The zero-order chi connectivity index (χ0) is 12.1. The first-order valence-corrected chi connectivity index (χ1v) is 7.08. The van der Waals surface area contributed by atoms with Gasteiger partial charge >= 0.3 is 0 Å². The van der Waals surface area contributed by atoms with Crippen molar-refractivity contribution < 1.29 is 4.79 Å². The highest BCUT2D eigenvalue weighted by Gasteiger charge is 2.14. The SMILES string of the molecule is Cl.O=C(NCC1CCCNC1)c1ccc(I)cc1. The van der Waals surface area contributed by atoms with Crippen LogP contribution in [-0.4, -0.2) is 25.5 Å².